The molecule has 1 heterocycles. The third-order valence-corrected chi connectivity index (χ3v) is 6.49. The first-order valence-electron chi connectivity index (χ1n) is 11.6. The van der Waals surface area contributed by atoms with E-state index in [1.807, 2.05) is 61.6 Å². The molecule has 2 aliphatic rings. The number of hydrogen-bond acceptors (Lipinski definition) is 4. The van der Waals surface area contributed by atoms with Crippen molar-refractivity contribution in [3.8, 4) is 11.5 Å². The molecule has 0 bridgehead atoms. The average Bonchev–Trinajstić information content (AvgIpc) is 3.35. The molecule has 5 heteroatoms. The lowest BCUT2D eigenvalue weighted by atomic mass is 10.0. The zero-order valence-electron chi connectivity index (χ0n) is 18.5. The molecular weight excluding hydrogens is 388 g/mol. The highest BCUT2D eigenvalue weighted by Crippen LogP contribution is 2.27. The second-order valence-electron chi connectivity index (χ2n) is 8.71. The molecule has 2 aromatic carbocycles. The van der Waals surface area contributed by atoms with E-state index in [4.69, 9.17) is 9.47 Å². The predicted octanol–water partition coefficient (Wildman–Crippen LogP) is 4.62. The Bertz CT molecular complexity index is 828. The average molecular weight is 423 g/mol. The number of ether oxygens (including phenoxy) is 2. The van der Waals surface area contributed by atoms with Crippen LogP contribution in [0.5, 0.6) is 11.5 Å². The van der Waals surface area contributed by atoms with Gasteiger partial charge in [-0.2, -0.15) is 0 Å². The molecule has 0 spiro atoms. The summed E-state index contributed by atoms with van der Waals surface area (Å²) in [6.45, 7) is 3.23. The van der Waals surface area contributed by atoms with Crippen molar-refractivity contribution >= 4 is 5.91 Å². The van der Waals surface area contributed by atoms with Gasteiger partial charge in [0, 0.05) is 31.7 Å². The van der Waals surface area contributed by atoms with Crippen LogP contribution in [0.1, 0.15) is 48.9 Å². The molecule has 5 nitrogen and oxygen atoms in total. The molecule has 1 aliphatic heterocycles. The highest BCUT2D eigenvalue weighted by atomic mass is 16.5. The van der Waals surface area contributed by atoms with Crippen molar-refractivity contribution in [3.63, 3.8) is 0 Å². The topological polar surface area (TPSA) is 42.0 Å². The summed E-state index contributed by atoms with van der Waals surface area (Å²) in [5.74, 6) is 1.59. The van der Waals surface area contributed by atoms with Crippen LogP contribution in [0, 0.1) is 0 Å². The van der Waals surface area contributed by atoms with Crippen LogP contribution in [0.2, 0.25) is 0 Å². The highest BCUT2D eigenvalue weighted by Gasteiger charge is 2.27. The van der Waals surface area contributed by atoms with E-state index in [-0.39, 0.29) is 12.0 Å². The normalized spacial score (nSPS) is 18.1. The number of nitrogens with zero attached hydrogens (tertiary/aromatic N) is 2. The minimum atomic E-state index is -0.0156. The fourth-order valence-corrected chi connectivity index (χ4v) is 4.66. The summed E-state index contributed by atoms with van der Waals surface area (Å²) in [7, 11) is 1.81. The van der Waals surface area contributed by atoms with Gasteiger partial charge in [0.15, 0.2) is 0 Å². The number of likely N-dealkylation sites (tertiary alicyclic amines) is 1. The molecule has 4 rings (SSSR count). The van der Waals surface area contributed by atoms with E-state index in [0.29, 0.717) is 18.7 Å². The summed E-state index contributed by atoms with van der Waals surface area (Å²) in [4.78, 5) is 17.2. The maximum atomic E-state index is 12.8. The second-order valence-corrected chi connectivity index (χ2v) is 8.71. The summed E-state index contributed by atoms with van der Waals surface area (Å²) in [5, 5.41) is 0. The summed E-state index contributed by atoms with van der Waals surface area (Å²) in [5.41, 5.74) is 0.656. The van der Waals surface area contributed by atoms with Crippen LogP contribution in [0.4, 0.5) is 0 Å². The van der Waals surface area contributed by atoms with Gasteiger partial charge in [-0.3, -0.25) is 4.79 Å². The standard InChI is InChI=1S/C26H34N2O3/c1-27(18-19-30-23-11-3-2-4-12-23)26(29)21-8-7-13-25(20-21)31-24-14-16-28(17-15-24)22-9-5-6-10-22/h2-4,7-8,11-13,20,22,24H,5-6,9-10,14-19H2,1H3. The maximum Gasteiger partial charge on any atom is 0.253 e. The lowest BCUT2D eigenvalue weighted by Gasteiger charge is -2.36. The van der Waals surface area contributed by atoms with Crippen LogP contribution in [0.15, 0.2) is 54.6 Å². The summed E-state index contributed by atoms with van der Waals surface area (Å²) in [6.07, 6.45) is 7.85. The van der Waals surface area contributed by atoms with Gasteiger partial charge in [0.1, 0.15) is 24.2 Å². The predicted molar refractivity (Wildman–Crippen MR) is 123 cm³/mol. The molecule has 0 N–H and O–H groups in total. The minimum Gasteiger partial charge on any atom is -0.492 e. The van der Waals surface area contributed by atoms with Gasteiger partial charge in [0.2, 0.25) is 0 Å². The first-order valence-corrected chi connectivity index (χ1v) is 11.6. The Labute approximate surface area is 185 Å². The van der Waals surface area contributed by atoms with E-state index < -0.39 is 0 Å². The fraction of sp³-hybridized carbons (Fsp3) is 0.500. The zero-order valence-corrected chi connectivity index (χ0v) is 18.5. The molecule has 0 unspecified atom stereocenters. The number of benzene rings is 2. The van der Waals surface area contributed by atoms with Gasteiger partial charge in [-0.1, -0.05) is 37.1 Å². The zero-order chi connectivity index (χ0) is 21.5. The van der Waals surface area contributed by atoms with Gasteiger partial charge in [-0.05, 0) is 56.0 Å². The van der Waals surface area contributed by atoms with Gasteiger partial charge >= 0.3 is 0 Å². The molecular formula is C26H34N2O3. The largest absolute Gasteiger partial charge is 0.492 e. The van der Waals surface area contributed by atoms with Crippen molar-refractivity contribution in [2.45, 2.75) is 50.7 Å². The molecule has 0 radical (unpaired) electrons. The Morgan fingerprint density at radius 1 is 0.968 bits per heavy atom. The molecule has 1 saturated heterocycles. The molecule has 166 valence electrons. The van der Waals surface area contributed by atoms with E-state index in [2.05, 4.69) is 4.90 Å². The van der Waals surface area contributed by atoms with Gasteiger partial charge in [0.25, 0.3) is 5.91 Å². The number of amides is 1. The number of piperidine rings is 1. The third-order valence-electron chi connectivity index (χ3n) is 6.49. The molecule has 31 heavy (non-hydrogen) atoms. The van der Waals surface area contributed by atoms with Crippen molar-refractivity contribution in [1.82, 2.24) is 9.80 Å². The van der Waals surface area contributed by atoms with E-state index in [0.717, 1.165) is 43.5 Å². The first-order chi connectivity index (χ1) is 15.2. The van der Waals surface area contributed by atoms with Crippen LogP contribution in [0.25, 0.3) is 0 Å². The lowest BCUT2D eigenvalue weighted by Crippen LogP contribution is -2.43. The van der Waals surface area contributed by atoms with Crippen molar-refractivity contribution < 1.29 is 14.3 Å². The summed E-state index contributed by atoms with van der Waals surface area (Å²) < 4.78 is 12.0. The summed E-state index contributed by atoms with van der Waals surface area (Å²) in [6, 6.07) is 18.1. The van der Waals surface area contributed by atoms with Gasteiger partial charge in [-0.15, -0.1) is 0 Å². The van der Waals surface area contributed by atoms with E-state index in [9.17, 15) is 4.79 Å². The van der Waals surface area contributed by atoms with Crippen LogP contribution < -0.4 is 9.47 Å². The van der Waals surface area contributed by atoms with Crippen LogP contribution in [-0.4, -0.2) is 61.1 Å². The summed E-state index contributed by atoms with van der Waals surface area (Å²) >= 11 is 0. The number of carbonyl (C=O) groups is 1. The van der Waals surface area contributed by atoms with Crippen molar-refractivity contribution in [2.75, 3.05) is 33.3 Å². The Morgan fingerprint density at radius 2 is 1.68 bits per heavy atom. The molecule has 0 aromatic heterocycles. The van der Waals surface area contributed by atoms with Crippen LogP contribution in [0.3, 0.4) is 0 Å². The van der Waals surface area contributed by atoms with E-state index >= 15 is 0 Å². The van der Waals surface area contributed by atoms with Crippen molar-refractivity contribution in [2.24, 2.45) is 0 Å². The number of hydrogen-bond donors (Lipinski definition) is 0. The molecule has 1 saturated carbocycles. The molecule has 2 fully saturated rings. The maximum absolute atomic E-state index is 12.8. The monoisotopic (exact) mass is 422 g/mol. The molecule has 2 aromatic rings. The van der Waals surface area contributed by atoms with Gasteiger partial charge < -0.3 is 19.3 Å². The second kappa shape index (κ2) is 10.7. The lowest BCUT2D eigenvalue weighted by molar-refractivity contribution is 0.0748. The minimum absolute atomic E-state index is 0.0156. The first kappa shape index (κ1) is 21.7. The Balaban J connectivity index is 1.25. The van der Waals surface area contributed by atoms with E-state index in [1.165, 1.54) is 25.7 Å². The SMILES string of the molecule is CN(CCOc1ccccc1)C(=O)c1cccc(OC2CCN(C3CCCC3)CC2)c1. The number of para-hydroxylation sites is 1. The highest BCUT2D eigenvalue weighted by molar-refractivity contribution is 5.94. The van der Waals surface area contributed by atoms with Crippen molar-refractivity contribution in [1.29, 1.82) is 0 Å². The Hall–Kier alpha value is -2.53. The van der Waals surface area contributed by atoms with Crippen molar-refractivity contribution in [3.05, 3.63) is 60.2 Å². The van der Waals surface area contributed by atoms with E-state index in [1.54, 1.807) is 4.90 Å². The smallest absolute Gasteiger partial charge is 0.253 e. The van der Waals surface area contributed by atoms with Gasteiger partial charge in [-0.25, -0.2) is 0 Å². The molecule has 1 amide bonds. The van der Waals surface area contributed by atoms with Crippen LogP contribution >= 0.6 is 0 Å². The Morgan fingerprint density at radius 3 is 2.42 bits per heavy atom. The van der Waals surface area contributed by atoms with Gasteiger partial charge in [0.05, 0.1) is 6.54 Å². The fourth-order valence-electron chi connectivity index (χ4n) is 4.66. The quantitative estimate of drug-likeness (QED) is 0.622. The third kappa shape index (κ3) is 6.01. The molecule has 0 atom stereocenters. The Kier molecular flexibility index (Phi) is 7.47. The number of likely N-dealkylation sites (N-methyl/N-ethyl adjacent to an activating group) is 1. The number of carbonyl (C=O) groups excluding carboxylic acids is 1. The number of rotatable bonds is 8. The van der Waals surface area contributed by atoms with Crippen LogP contribution in [-0.2, 0) is 0 Å². The molecule has 1 aliphatic carbocycles.